The van der Waals surface area contributed by atoms with Crippen molar-refractivity contribution in [1.29, 1.82) is 0 Å². The summed E-state index contributed by atoms with van der Waals surface area (Å²) in [6, 6.07) is 8.77. The van der Waals surface area contributed by atoms with Gasteiger partial charge in [-0.25, -0.2) is 0 Å². The van der Waals surface area contributed by atoms with Crippen molar-refractivity contribution in [1.82, 2.24) is 4.98 Å². The van der Waals surface area contributed by atoms with Crippen molar-refractivity contribution in [2.75, 3.05) is 0 Å². The van der Waals surface area contributed by atoms with Gasteiger partial charge in [-0.05, 0) is 31.9 Å². The molecule has 1 unspecified atom stereocenters. The van der Waals surface area contributed by atoms with E-state index in [1.807, 2.05) is 0 Å². The Morgan fingerprint density at radius 1 is 1.05 bits per heavy atom. The monoisotopic (exact) mass is 363 g/mol. The molecule has 0 radical (unpaired) electrons. The van der Waals surface area contributed by atoms with Crippen molar-refractivity contribution in [2.24, 2.45) is 0 Å². The summed E-state index contributed by atoms with van der Waals surface area (Å²) in [5, 5.41) is 0. The van der Waals surface area contributed by atoms with E-state index in [0.717, 1.165) is 0 Å². The van der Waals surface area contributed by atoms with E-state index in [0.29, 0.717) is 5.54 Å². The van der Waals surface area contributed by atoms with Gasteiger partial charge < -0.3 is 29.8 Å². The molecule has 1 N–H and O–H groups in total. The van der Waals surface area contributed by atoms with E-state index in [-0.39, 0.29) is 52.1 Å². The molecule has 0 saturated carbocycles. The summed E-state index contributed by atoms with van der Waals surface area (Å²) in [6.45, 7) is 11.6. The maximum atomic E-state index is 3.87. The molecule has 1 aromatic rings. The Labute approximate surface area is 151 Å². The Kier molecular flexibility index (Phi) is 9.27. The van der Waals surface area contributed by atoms with Gasteiger partial charge in [-0.2, -0.15) is 0 Å². The summed E-state index contributed by atoms with van der Waals surface area (Å²) >= 11 is 0. The Morgan fingerprint density at radius 3 is 2.15 bits per heavy atom. The van der Waals surface area contributed by atoms with E-state index >= 15 is 0 Å². The molecule has 0 aromatic heterocycles. The summed E-state index contributed by atoms with van der Waals surface area (Å²) in [7, 11) is -1.49. The van der Waals surface area contributed by atoms with Crippen molar-refractivity contribution in [3.63, 3.8) is 0 Å². The fourth-order valence-electron chi connectivity index (χ4n) is 2.92. The van der Waals surface area contributed by atoms with Crippen LogP contribution < -0.4 is 29.8 Å². The molecule has 1 atom stereocenters. The van der Waals surface area contributed by atoms with Crippen LogP contribution in [0.5, 0.6) is 0 Å². The van der Waals surface area contributed by atoms with Crippen LogP contribution >= 0.6 is 0 Å². The minimum Gasteiger partial charge on any atom is -1.00 e. The van der Waals surface area contributed by atoms with E-state index in [4.69, 9.17) is 0 Å². The van der Waals surface area contributed by atoms with Crippen LogP contribution in [-0.4, -0.2) is 13.8 Å². The van der Waals surface area contributed by atoms with Crippen LogP contribution in [-0.2, 0) is 21.7 Å². The molecule has 0 saturated heterocycles. The number of hydrogen-bond acceptors (Lipinski definition) is 1. The molecule has 2 rings (SSSR count). The Bertz CT molecular complexity index is 455. The fraction of sp³-hybridized carbons (Fsp3) is 0.467. The van der Waals surface area contributed by atoms with Crippen LogP contribution in [0.3, 0.4) is 0 Å². The molecule has 1 nitrogen and oxygen atoms in total. The van der Waals surface area contributed by atoms with Crippen molar-refractivity contribution in [2.45, 2.75) is 44.9 Å². The third-order valence-electron chi connectivity index (χ3n) is 3.27. The molecule has 0 fully saturated rings. The average Bonchev–Trinajstić information content (AvgIpc) is 2.57. The first-order valence-electron chi connectivity index (χ1n) is 6.36. The van der Waals surface area contributed by atoms with Gasteiger partial charge in [0.2, 0.25) is 0 Å². The number of rotatable bonds is 2. The number of hydrogen-bond donors (Lipinski definition) is 1. The normalized spacial score (nSPS) is 16.6. The van der Waals surface area contributed by atoms with Gasteiger partial charge in [0.1, 0.15) is 8.24 Å². The molecule has 0 amide bonds. The second-order valence-corrected chi connectivity index (χ2v) is 10.9. The molecule has 0 heterocycles. The van der Waals surface area contributed by atoms with Crippen molar-refractivity contribution >= 4 is 14.3 Å². The van der Waals surface area contributed by atoms with Crippen LogP contribution in [0.25, 0.3) is 6.08 Å². The van der Waals surface area contributed by atoms with Crippen LogP contribution in [0, 0.1) is 0 Å². The molecule has 0 aliphatic heterocycles. The van der Waals surface area contributed by atoms with Crippen LogP contribution in [0.1, 0.15) is 37.4 Å². The van der Waals surface area contributed by atoms with Gasteiger partial charge in [-0.1, -0.05) is 49.5 Å². The van der Waals surface area contributed by atoms with Gasteiger partial charge in [0.15, 0.2) is 0 Å². The van der Waals surface area contributed by atoms with Crippen molar-refractivity contribution < 1.29 is 46.5 Å². The summed E-state index contributed by atoms with van der Waals surface area (Å²) in [6.07, 6.45) is 4.66. The third kappa shape index (κ3) is 5.32. The predicted molar refractivity (Wildman–Crippen MR) is 78.6 cm³/mol. The summed E-state index contributed by atoms with van der Waals surface area (Å²) in [5.41, 5.74) is 3.69. The number of halogens is 2. The predicted octanol–water partition coefficient (Wildman–Crippen LogP) is -2.07. The SMILES string of the molecule is CC(C)(C)N[Si](C)(C)C1C=Cc2ccccc21.[Cl-].[Cl-].[Ti+2]. The Hall–Kier alpha value is 0.431. The van der Waals surface area contributed by atoms with Gasteiger partial charge in [-0.15, -0.1) is 0 Å². The van der Waals surface area contributed by atoms with Gasteiger partial charge in [0.05, 0.1) is 0 Å². The van der Waals surface area contributed by atoms with E-state index in [1.54, 1.807) is 0 Å². The van der Waals surface area contributed by atoms with Crippen LogP contribution in [0.15, 0.2) is 30.3 Å². The number of nitrogens with one attached hydrogen (secondary N) is 1. The fourth-order valence-corrected chi connectivity index (χ4v) is 6.63. The first-order chi connectivity index (χ1) is 7.80. The maximum absolute atomic E-state index is 3.87. The van der Waals surface area contributed by atoms with Gasteiger partial charge in [0, 0.05) is 11.1 Å². The molecule has 110 valence electrons. The van der Waals surface area contributed by atoms with Crippen LogP contribution in [0.2, 0.25) is 13.1 Å². The largest absolute Gasteiger partial charge is 2.00 e. The average molecular weight is 364 g/mol. The summed E-state index contributed by atoms with van der Waals surface area (Å²) in [5.74, 6) is 0. The van der Waals surface area contributed by atoms with Gasteiger partial charge in [-0.3, -0.25) is 0 Å². The third-order valence-corrected chi connectivity index (χ3v) is 6.73. The second-order valence-electron chi connectivity index (χ2n) is 6.56. The number of fused-ring (bicyclic) bond motifs is 1. The van der Waals surface area contributed by atoms with Gasteiger partial charge >= 0.3 is 21.7 Å². The molecule has 1 aromatic carbocycles. The molecular weight excluding hydrogens is 341 g/mol. The molecular formula is C15H23Cl2NSiTi. The summed E-state index contributed by atoms with van der Waals surface area (Å²) < 4.78 is 0. The maximum Gasteiger partial charge on any atom is 2.00 e. The Morgan fingerprint density at radius 2 is 1.60 bits per heavy atom. The van der Waals surface area contributed by atoms with Crippen molar-refractivity contribution in [3.05, 3.63) is 41.5 Å². The second kappa shape index (κ2) is 8.17. The molecule has 0 bridgehead atoms. The topological polar surface area (TPSA) is 12.0 Å². The van der Waals surface area contributed by atoms with E-state index in [1.165, 1.54) is 11.1 Å². The zero-order valence-corrected chi connectivity index (χ0v) is 16.9. The Balaban J connectivity index is 0. The first kappa shape index (κ1) is 22.7. The minimum absolute atomic E-state index is 0. The van der Waals surface area contributed by atoms with E-state index in [2.05, 4.69) is 75.3 Å². The smallest absolute Gasteiger partial charge is 1.00 e. The van der Waals surface area contributed by atoms with Crippen LogP contribution in [0.4, 0.5) is 0 Å². The molecule has 0 spiro atoms. The number of allylic oxidation sites excluding steroid dienone is 1. The quantitative estimate of drug-likeness (QED) is 0.595. The number of benzene rings is 1. The van der Waals surface area contributed by atoms with Gasteiger partial charge in [0.25, 0.3) is 0 Å². The van der Waals surface area contributed by atoms with E-state index < -0.39 is 8.24 Å². The van der Waals surface area contributed by atoms with E-state index in [9.17, 15) is 0 Å². The zero-order valence-electron chi connectivity index (χ0n) is 12.8. The first-order valence-corrected chi connectivity index (χ1v) is 9.44. The molecule has 20 heavy (non-hydrogen) atoms. The van der Waals surface area contributed by atoms with Crippen molar-refractivity contribution in [3.8, 4) is 0 Å². The minimum atomic E-state index is -1.49. The standard InChI is InChI=1S/C15H23NSi.2ClH.Ti/c1-15(2,3)16-17(4,5)14-11-10-12-8-6-7-9-13(12)14;;;/h6-11,14,16H,1-5H3;2*1H;/q;;;+2/p-2. The molecule has 5 heteroatoms. The molecule has 1 aliphatic carbocycles. The summed E-state index contributed by atoms with van der Waals surface area (Å²) in [4.78, 5) is 3.87. The zero-order chi connectivity index (χ0) is 12.7. The molecule has 1 aliphatic rings.